The minimum atomic E-state index is -0.0167. The number of aliphatic hydroxyl groups is 1. The zero-order chi connectivity index (χ0) is 13.0. The molecule has 0 aliphatic rings. The van der Waals surface area contributed by atoms with Crippen molar-refractivity contribution >= 4 is 5.76 Å². The molecule has 0 heterocycles. The molecule has 0 aliphatic heterocycles. The Morgan fingerprint density at radius 2 is 1.61 bits per heavy atom. The monoisotopic (exact) mass is 237 g/mol. The number of nitrogens with zero attached hydrogens (tertiary/aromatic N) is 2. The van der Waals surface area contributed by atoms with E-state index in [0.717, 1.165) is 11.1 Å². The number of hydrogen-bond acceptors (Lipinski definition) is 2. The summed E-state index contributed by atoms with van der Waals surface area (Å²) >= 11 is 0. The van der Waals surface area contributed by atoms with Crippen molar-refractivity contribution in [2.75, 3.05) is 0 Å². The van der Waals surface area contributed by atoms with Gasteiger partial charge in [-0.1, -0.05) is 54.6 Å². The summed E-state index contributed by atoms with van der Waals surface area (Å²) in [6.45, 7) is 1.55. The number of hydrogen-bond donors (Lipinski definition) is 1. The molecule has 0 aliphatic carbocycles. The van der Waals surface area contributed by atoms with Gasteiger partial charge in [0.15, 0.2) is 4.98 Å². The number of aliphatic hydroxyl groups excluding tert-OH is 1. The van der Waals surface area contributed by atoms with Crippen LogP contribution >= 0.6 is 0 Å². The molecule has 3 heteroatoms. The molecule has 3 nitrogen and oxygen atoms in total. The third-order valence-corrected chi connectivity index (χ3v) is 2.76. The summed E-state index contributed by atoms with van der Waals surface area (Å²) in [5.41, 5.74) is 2.75. The van der Waals surface area contributed by atoms with Crippen LogP contribution in [-0.4, -0.2) is 5.11 Å². The zero-order valence-corrected chi connectivity index (χ0v) is 10.0. The molecule has 2 aromatic rings. The van der Waals surface area contributed by atoms with Crippen LogP contribution in [0.15, 0.2) is 60.3 Å². The second-order valence-electron chi connectivity index (χ2n) is 3.95. The van der Waals surface area contributed by atoms with E-state index in [-0.39, 0.29) is 11.5 Å². The van der Waals surface area contributed by atoms with E-state index >= 15 is 0 Å². The maximum absolute atomic E-state index is 10.1. The third-order valence-electron chi connectivity index (χ3n) is 2.76. The molecule has 0 bridgehead atoms. The van der Waals surface area contributed by atoms with Gasteiger partial charge in [-0.2, -0.15) is 0 Å². The molecule has 0 amide bonds. The Hall–Kier alpha value is -2.60. The fraction of sp³-hybridized carbons (Fsp3) is 0.0667. The van der Waals surface area contributed by atoms with E-state index in [9.17, 15) is 5.11 Å². The number of benzene rings is 2. The SMILES string of the molecule is C/C([N+]#N)=C(\O)c1ccccc1-c1ccccc1. The first-order chi connectivity index (χ1) is 8.74. The Bertz CT molecular complexity index is 624. The Labute approximate surface area is 106 Å². The van der Waals surface area contributed by atoms with Crippen LogP contribution in [-0.2, 0) is 0 Å². The summed E-state index contributed by atoms with van der Waals surface area (Å²) in [6, 6.07) is 17.2. The number of diazo groups is 1. The highest BCUT2D eigenvalue weighted by Crippen LogP contribution is 2.29. The van der Waals surface area contributed by atoms with Crippen molar-refractivity contribution in [2.24, 2.45) is 0 Å². The van der Waals surface area contributed by atoms with Crippen LogP contribution < -0.4 is 0 Å². The average molecular weight is 237 g/mol. The highest BCUT2D eigenvalue weighted by Gasteiger charge is 2.17. The molecule has 2 aromatic carbocycles. The molecular formula is C15H13N2O+. The van der Waals surface area contributed by atoms with Gasteiger partial charge in [-0.15, -0.1) is 0 Å². The summed E-state index contributed by atoms with van der Waals surface area (Å²) in [7, 11) is 0. The second-order valence-corrected chi connectivity index (χ2v) is 3.95. The molecule has 0 spiro atoms. The van der Waals surface area contributed by atoms with E-state index in [1.54, 1.807) is 13.0 Å². The van der Waals surface area contributed by atoms with Crippen molar-refractivity contribution in [2.45, 2.75) is 6.92 Å². The van der Waals surface area contributed by atoms with Crippen molar-refractivity contribution in [3.8, 4) is 11.1 Å². The molecular weight excluding hydrogens is 224 g/mol. The van der Waals surface area contributed by atoms with Crippen LogP contribution in [0.5, 0.6) is 0 Å². The summed E-state index contributed by atoms with van der Waals surface area (Å²) in [4.78, 5) is 3.03. The maximum Gasteiger partial charge on any atom is 0.400 e. The summed E-state index contributed by atoms with van der Waals surface area (Å²) < 4.78 is 0. The zero-order valence-electron chi connectivity index (χ0n) is 10.0. The second kappa shape index (κ2) is 5.15. The third kappa shape index (κ3) is 2.23. The van der Waals surface area contributed by atoms with E-state index in [1.165, 1.54) is 0 Å². The number of rotatable bonds is 2. The summed E-state index contributed by atoms with van der Waals surface area (Å²) in [5.74, 6) is -0.0167. The summed E-state index contributed by atoms with van der Waals surface area (Å²) in [5, 5.41) is 18.8. The van der Waals surface area contributed by atoms with E-state index in [1.807, 2.05) is 48.5 Å². The largest absolute Gasteiger partial charge is 0.501 e. The average Bonchev–Trinajstić information content (AvgIpc) is 2.46. The molecule has 18 heavy (non-hydrogen) atoms. The van der Waals surface area contributed by atoms with E-state index < -0.39 is 0 Å². The molecule has 0 fully saturated rings. The first-order valence-electron chi connectivity index (χ1n) is 5.64. The smallest absolute Gasteiger partial charge is 0.400 e. The van der Waals surface area contributed by atoms with Gasteiger partial charge >= 0.3 is 5.70 Å². The first-order valence-corrected chi connectivity index (χ1v) is 5.64. The first kappa shape index (κ1) is 11.9. The van der Waals surface area contributed by atoms with Crippen LogP contribution in [0.3, 0.4) is 0 Å². The van der Waals surface area contributed by atoms with Crippen LogP contribution in [0, 0.1) is 5.39 Å². The minimum Gasteiger partial charge on any atom is -0.501 e. The Morgan fingerprint density at radius 3 is 2.28 bits per heavy atom. The normalized spacial score (nSPS) is 11.6. The van der Waals surface area contributed by atoms with Gasteiger partial charge in [0.1, 0.15) is 0 Å². The molecule has 0 radical (unpaired) electrons. The maximum atomic E-state index is 10.1. The number of allylic oxidation sites excluding steroid dienone is 1. The van der Waals surface area contributed by atoms with Gasteiger partial charge in [0.05, 0.1) is 0 Å². The van der Waals surface area contributed by atoms with Crippen molar-refractivity contribution in [3.63, 3.8) is 0 Å². The fourth-order valence-electron chi connectivity index (χ4n) is 1.80. The van der Waals surface area contributed by atoms with E-state index in [0.29, 0.717) is 5.56 Å². The highest BCUT2D eigenvalue weighted by molar-refractivity contribution is 5.79. The fourth-order valence-corrected chi connectivity index (χ4v) is 1.80. The topological polar surface area (TPSA) is 48.4 Å². The standard InChI is InChI=1S/C15H12N2O/c1-11(17-16)15(18)14-10-6-5-9-13(14)12-7-3-2-4-8-12/h2-10H,1H3/p+1/b15-11+. The molecule has 0 aromatic heterocycles. The summed E-state index contributed by atoms with van der Waals surface area (Å²) in [6.07, 6.45) is 0. The van der Waals surface area contributed by atoms with Gasteiger partial charge in [0.25, 0.3) is 0 Å². The van der Waals surface area contributed by atoms with Crippen molar-refractivity contribution in [1.82, 2.24) is 0 Å². The van der Waals surface area contributed by atoms with Crippen LogP contribution in [0.1, 0.15) is 12.5 Å². The van der Waals surface area contributed by atoms with Crippen LogP contribution in [0.25, 0.3) is 21.9 Å². The van der Waals surface area contributed by atoms with Crippen LogP contribution in [0.4, 0.5) is 0 Å². The van der Waals surface area contributed by atoms with E-state index in [2.05, 4.69) is 4.98 Å². The van der Waals surface area contributed by atoms with Gasteiger partial charge in [0, 0.05) is 12.5 Å². The van der Waals surface area contributed by atoms with Gasteiger partial charge in [-0.25, -0.2) is 0 Å². The lowest BCUT2D eigenvalue weighted by Gasteiger charge is -2.07. The minimum absolute atomic E-state index is 0.0167. The van der Waals surface area contributed by atoms with Gasteiger partial charge in [-0.05, 0) is 11.1 Å². The Kier molecular flexibility index (Phi) is 3.40. The quantitative estimate of drug-likeness (QED) is 0.619. The van der Waals surface area contributed by atoms with Gasteiger partial charge in [-0.3, -0.25) is 0 Å². The molecule has 2 rings (SSSR count). The van der Waals surface area contributed by atoms with E-state index in [4.69, 9.17) is 5.39 Å². The molecule has 0 saturated carbocycles. The van der Waals surface area contributed by atoms with Crippen molar-refractivity contribution in [3.05, 3.63) is 70.8 Å². The van der Waals surface area contributed by atoms with Crippen LogP contribution in [0.2, 0.25) is 0 Å². The molecule has 1 N–H and O–H groups in total. The Balaban J connectivity index is 2.62. The van der Waals surface area contributed by atoms with Gasteiger partial charge < -0.3 is 5.11 Å². The van der Waals surface area contributed by atoms with Crippen molar-refractivity contribution in [1.29, 1.82) is 5.39 Å². The van der Waals surface area contributed by atoms with Crippen molar-refractivity contribution < 1.29 is 5.11 Å². The highest BCUT2D eigenvalue weighted by atomic mass is 16.3. The molecule has 0 saturated heterocycles. The Morgan fingerprint density at radius 1 is 1.00 bits per heavy atom. The van der Waals surface area contributed by atoms with Gasteiger partial charge in [0.2, 0.25) is 11.2 Å². The molecule has 0 atom stereocenters. The lowest BCUT2D eigenvalue weighted by atomic mass is 9.98. The lowest BCUT2D eigenvalue weighted by molar-refractivity contribution is 0.508. The predicted octanol–water partition coefficient (Wildman–Crippen LogP) is 4.45. The molecule has 88 valence electrons. The predicted molar refractivity (Wildman–Crippen MR) is 72.2 cm³/mol. The lowest BCUT2D eigenvalue weighted by Crippen LogP contribution is -1.90. The molecule has 0 unspecified atom stereocenters.